The molecule has 8 heteroatoms. The molecule has 0 aromatic heterocycles. The number of sulfonamides is 1. The van der Waals surface area contributed by atoms with Gasteiger partial charge in [0.15, 0.2) is 0 Å². The van der Waals surface area contributed by atoms with Gasteiger partial charge in [-0.2, -0.15) is 0 Å². The van der Waals surface area contributed by atoms with Crippen LogP contribution in [0.25, 0.3) is 0 Å². The van der Waals surface area contributed by atoms with Crippen LogP contribution in [0.15, 0.2) is 53.4 Å². The van der Waals surface area contributed by atoms with Crippen LogP contribution in [0.2, 0.25) is 0 Å². The van der Waals surface area contributed by atoms with E-state index in [4.69, 9.17) is 5.73 Å². The molecular formula is C17H17N3O4S. The number of hydrogen-bond acceptors (Lipinski definition) is 4. The van der Waals surface area contributed by atoms with Crippen molar-refractivity contribution in [3.05, 3.63) is 59.7 Å². The van der Waals surface area contributed by atoms with Gasteiger partial charge in [0.2, 0.25) is 15.9 Å². The molecule has 1 aliphatic rings. The van der Waals surface area contributed by atoms with E-state index >= 15 is 0 Å². The van der Waals surface area contributed by atoms with Crippen LogP contribution in [0.4, 0.5) is 5.69 Å². The number of benzene rings is 2. The van der Waals surface area contributed by atoms with Crippen molar-refractivity contribution in [3.8, 4) is 0 Å². The highest BCUT2D eigenvalue weighted by molar-refractivity contribution is 7.89. The topological polar surface area (TPSA) is 118 Å². The van der Waals surface area contributed by atoms with E-state index in [1.54, 1.807) is 12.1 Å². The number of anilines is 1. The van der Waals surface area contributed by atoms with E-state index in [0.29, 0.717) is 16.8 Å². The highest BCUT2D eigenvalue weighted by atomic mass is 32.2. The Morgan fingerprint density at radius 3 is 2.00 bits per heavy atom. The summed E-state index contributed by atoms with van der Waals surface area (Å²) in [5.74, 6) is -0.930. The molecule has 2 aromatic rings. The summed E-state index contributed by atoms with van der Waals surface area (Å²) in [6.07, 6.45) is 1.71. The van der Waals surface area contributed by atoms with Crippen molar-refractivity contribution in [2.24, 2.45) is 5.73 Å². The minimum atomic E-state index is -3.54. The lowest BCUT2D eigenvalue weighted by molar-refractivity contribution is 0.0998. The molecule has 0 spiro atoms. The SMILES string of the molecule is NC(=O)c1ccc(NC(=O)c2ccc(S(=O)(=O)NC3CC3)cc2)cc1. The van der Waals surface area contributed by atoms with Crippen molar-refractivity contribution in [2.75, 3.05) is 5.32 Å². The van der Waals surface area contributed by atoms with Gasteiger partial charge in [-0.25, -0.2) is 13.1 Å². The van der Waals surface area contributed by atoms with Crippen molar-refractivity contribution in [3.63, 3.8) is 0 Å². The fourth-order valence-electron chi connectivity index (χ4n) is 2.20. The maximum Gasteiger partial charge on any atom is 0.255 e. The minimum absolute atomic E-state index is 0.0244. The van der Waals surface area contributed by atoms with E-state index in [9.17, 15) is 18.0 Å². The first kappa shape index (κ1) is 17.1. The van der Waals surface area contributed by atoms with Gasteiger partial charge in [-0.3, -0.25) is 9.59 Å². The first-order valence-electron chi connectivity index (χ1n) is 7.69. The molecule has 0 atom stereocenters. The molecule has 1 saturated carbocycles. The molecule has 1 aliphatic carbocycles. The quantitative estimate of drug-likeness (QED) is 0.724. The largest absolute Gasteiger partial charge is 0.366 e. The van der Waals surface area contributed by atoms with Crippen molar-refractivity contribution < 1.29 is 18.0 Å². The predicted molar refractivity (Wildman–Crippen MR) is 92.7 cm³/mol. The second-order valence-electron chi connectivity index (χ2n) is 5.82. The van der Waals surface area contributed by atoms with Crippen LogP contribution in [0.5, 0.6) is 0 Å². The fraction of sp³-hybridized carbons (Fsp3) is 0.176. The smallest absolute Gasteiger partial charge is 0.255 e. The van der Waals surface area contributed by atoms with Gasteiger partial charge >= 0.3 is 0 Å². The number of carbonyl (C=O) groups is 2. The summed E-state index contributed by atoms with van der Waals surface area (Å²) in [6.45, 7) is 0. The molecule has 7 nitrogen and oxygen atoms in total. The van der Waals surface area contributed by atoms with E-state index in [2.05, 4.69) is 10.0 Å². The maximum atomic E-state index is 12.2. The van der Waals surface area contributed by atoms with Gasteiger partial charge in [0.1, 0.15) is 0 Å². The highest BCUT2D eigenvalue weighted by Crippen LogP contribution is 2.22. The monoisotopic (exact) mass is 359 g/mol. The molecule has 2 amide bonds. The van der Waals surface area contributed by atoms with Gasteiger partial charge in [-0.05, 0) is 61.4 Å². The predicted octanol–water partition coefficient (Wildman–Crippen LogP) is 1.48. The second kappa shape index (κ2) is 6.66. The molecule has 2 aromatic carbocycles. The number of nitrogens with one attached hydrogen (secondary N) is 2. The van der Waals surface area contributed by atoms with E-state index in [1.165, 1.54) is 36.4 Å². The molecule has 1 fully saturated rings. The van der Waals surface area contributed by atoms with Crippen LogP contribution >= 0.6 is 0 Å². The van der Waals surface area contributed by atoms with E-state index < -0.39 is 15.9 Å². The summed E-state index contributed by atoms with van der Waals surface area (Å²) in [4.78, 5) is 23.4. The van der Waals surface area contributed by atoms with Gasteiger partial charge < -0.3 is 11.1 Å². The molecule has 0 heterocycles. The number of carbonyl (C=O) groups excluding carboxylic acids is 2. The standard InChI is InChI=1S/C17H17N3O4S/c18-16(21)11-1-5-13(6-2-11)19-17(22)12-3-9-15(10-4-12)25(23,24)20-14-7-8-14/h1-6,9-10,14,20H,7-8H2,(H2,18,21)(H,19,22). The molecule has 0 aliphatic heterocycles. The Bertz CT molecular complexity index is 902. The van der Waals surface area contributed by atoms with Crippen LogP contribution in [0.1, 0.15) is 33.6 Å². The van der Waals surface area contributed by atoms with Crippen LogP contribution < -0.4 is 15.8 Å². The number of primary amides is 1. The average Bonchev–Trinajstić information content (AvgIpc) is 3.38. The first-order chi connectivity index (χ1) is 11.8. The minimum Gasteiger partial charge on any atom is -0.366 e. The zero-order valence-corrected chi connectivity index (χ0v) is 14.0. The lowest BCUT2D eigenvalue weighted by atomic mass is 10.2. The molecule has 0 radical (unpaired) electrons. The molecule has 0 unspecified atom stereocenters. The Kier molecular flexibility index (Phi) is 4.56. The third-order valence-corrected chi connectivity index (χ3v) is 5.29. The van der Waals surface area contributed by atoms with Crippen LogP contribution in [-0.4, -0.2) is 26.3 Å². The second-order valence-corrected chi connectivity index (χ2v) is 7.53. The fourth-order valence-corrected chi connectivity index (χ4v) is 3.50. The molecule has 0 bridgehead atoms. The van der Waals surface area contributed by atoms with Crippen LogP contribution in [0.3, 0.4) is 0 Å². The lowest BCUT2D eigenvalue weighted by Gasteiger charge is -2.08. The molecule has 0 saturated heterocycles. The Morgan fingerprint density at radius 2 is 1.48 bits per heavy atom. The van der Waals surface area contributed by atoms with Crippen LogP contribution in [-0.2, 0) is 10.0 Å². The summed E-state index contributed by atoms with van der Waals surface area (Å²) >= 11 is 0. The van der Waals surface area contributed by atoms with Gasteiger partial charge in [0.05, 0.1) is 4.90 Å². The number of amides is 2. The van der Waals surface area contributed by atoms with E-state index in [-0.39, 0.29) is 16.8 Å². The molecular weight excluding hydrogens is 342 g/mol. The van der Waals surface area contributed by atoms with E-state index in [0.717, 1.165) is 12.8 Å². The maximum absolute atomic E-state index is 12.2. The van der Waals surface area contributed by atoms with Crippen molar-refractivity contribution in [1.29, 1.82) is 0 Å². The number of nitrogens with two attached hydrogens (primary N) is 1. The van der Waals surface area contributed by atoms with Gasteiger partial charge in [-0.15, -0.1) is 0 Å². The Morgan fingerprint density at radius 1 is 0.920 bits per heavy atom. The summed E-state index contributed by atoms with van der Waals surface area (Å²) in [6, 6.07) is 11.9. The van der Waals surface area contributed by atoms with Gasteiger partial charge in [-0.1, -0.05) is 0 Å². The Balaban J connectivity index is 1.69. The zero-order chi connectivity index (χ0) is 18.0. The molecule has 25 heavy (non-hydrogen) atoms. The van der Waals surface area contributed by atoms with Crippen molar-refractivity contribution in [1.82, 2.24) is 4.72 Å². The molecule has 3 rings (SSSR count). The summed E-state index contributed by atoms with van der Waals surface area (Å²) in [5, 5.41) is 2.67. The third-order valence-electron chi connectivity index (χ3n) is 3.75. The van der Waals surface area contributed by atoms with Crippen molar-refractivity contribution in [2.45, 2.75) is 23.8 Å². The summed E-state index contributed by atoms with van der Waals surface area (Å²) < 4.78 is 26.8. The van der Waals surface area contributed by atoms with Gasteiger partial charge in [0, 0.05) is 22.9 Å². The number of hydrogen-bond donors (Lipinski definition) is 3. The Hall–Kier alpha value is -2.71. The first-order valence-corrected chi connectivity index (χ1v) is 9.17. The Labute approximate surface area is 145 Å². The summed E-state index contributed by atoms with van der Waals surface area (Å²) in [7, 11) is -3.54. The van der Waals surface area contributed by atoms with Gasteiger partial charge in [0.25, 0.3) is 5.91 Å². The molecule has 130 valence electrons. The average molecular weight is 359 g/mol. The lowest BCUT2D eigenvalue weighted by Crippen LogP contribution is -2.25. The normalized spacial score (nSPS) is 14.1. The number of rotatable bonds is 6. The molecule has 4 N–H and O–H groups in total. The zero-order valence-electron chi connectivity index (χ0n) is 13.2. The van der Waals surface area contributed by atoms with Crippen molar-refractivity contribution >= 4 is 27.5 Å². The highest BCUT2D eigenvalue weighted by Gasteiger charge is 2.27. The van der Waals surface area contributed by atoms with E-state index in [1.807, 2.05) is 0 Å². The third kappa shape index (κ3) is 4.23. The van der Waals surface area contributed by atoms with Crippen LogP contribution in [0, 0.1) is 0 Å². The summed E-state index contributed by atoms with van der Waals surface area (Å²) in [5.41, 5.74) is 6.33.